The number of rotatable bonds is 6. The quantitative estimate of drug-likeness (QED) is 0.474. The van der Waals surface area contributed by atoms with E-state index in [1.807, 2.05) is 0 Å². The second-order valence-electron chi connectivity index (χ2n) is 9.56. The number of nitrogens with zero attached hydrogens (tertiary/aromatic N) is 1. The summed E-state index contributed by atoms with van der Waals surface area (Å²) in [5.74, 6) is 0. The van der Waals surface area contributed by atoms with Crippen molar-refractivity contribution >= 4 is 5.69 Å². The molecule has 1 atom stereocenters. The zero-order valence-electron chi connectivity index (χ0n) is 19.7. The SMILES string of the molecule is CCc1cccc(-c2cc3c(cc2C(C)NC)N(Cc2ccccc2)CCC3(C)C)c1. The Morgan fingerprint density at radius 1 is 0.968 bits per heavy atom. The van der Waals surface area contributed by atoms with Crippen LogP contribution in [0.2, 0.25) is 0 Å². The van der Waals surface area contributed by atoms with Crippen LogP contribution in [-0.2, 0) is 18.4 Å². The molecule has 1 unspecified atom stereocenters. The summed E-state index contributed by atoms with van der Waals surface area (Å²) in [6.45, 7) is 11.4. The van der Waals surface area contributed by atoms with Gasteiger partial charge in [0.1, 0.15) is 0 Å². The molecule has 4 rings (SSSR count). The van der Waals surface area contributed by atoms with Gasteiger partial charge in [-0.3, -0.25) is 0 Å². The molecule has 1 heterocycles. The van der Waals surface area contributed by atoms with Crippen molar-refractivity contribution in [3.05, 3.63) is 89.0 Å². The minimum Gasteiger partial charge on any atom is -0.367 e. The predicted octanol–water partition coefficient (Wildman–Crippen LogP) is 6.88. The molecule has 0 fully saturated rings. The summed E-state index contributed by atoms with van der Waals surface area (Å²) >= 11 is 0. The summed E-state index contributed by atoms with van der Waals surface area (Å²) in [6.07, 6.45) is 2.23. The van der Waals surface area contributed by atoms with E-state index in [4.69, 9.17) is 0 Å². The number of benzene rings is 3. The van der Waals surface area contributed by atoms with Gasteiger partial charge < -0.3 is 10.2 Å². The Kier molecular flexibility index (Phi) is 6.20. The van der Waals surface area contributed by atoms with Gasteiger partial charge in [-0.15, -0.1) is 0 Å². The fourth-order valence-corrected chi connectivity index (χ4v) is 4.77. The molecule has 0 aliphatic carbocycles. The van der Waals surface area contributed by atoms with E-state index >= 15 is 0 Å². The van der Waals surface area contributed by atoms with E-state index < -0.39 is 0 Å². The molecule has 162 valence electrons. The lowest BCUT2D eigenvalue weighted by molar-refractivity contribution is 0.452. The zero-order valence-corrected chi connectivity index (χ0v) is 19.7. The van der Waals surface area contributed by atoms with Crippen LogP contribution < -0.4 is 10.2 Å². The maximum atomic E-state index is 3.49. The van der Waals surface area contributed by atoms with Crippen LogP contribution in [0.4, 0.5) is 5.69 Å². The van der Waals surface area contributed by atoms with Crippen LogP contribution in [0, 0.1) is 0 Å². The number of nitrogens with one attached hydrogen (secondary N) is 1. The Labute approximate surface area is 188 Å². The summed E-state index contributed by atoms with van der Waals surface area (Å²) in [5.41, 5.74) is 9.87. The number of fused-ring (bicyclic) bond motifs is 1. The van der Waals surface area contributed by atoms with Gasteiger partial charge in [-0.25, -0.2) is 0 Å². The molecule has 0 aromatic heterocycles. The second kappa shape index (κ2) is 8.88. The molecule has 3 aromatic rings. The number of anilines is 1. The third-order valence-electron chi connectivity index (χ3n) is 7.01. The summed E-state index contributed by atoms with van der Waals surface area (Å²) in [5, 5.41) is 3.49. The van der Waals surface area contributed by atoms with E-state index in [2.05, 4.69) is 112 Å². The van der Waals surface area contributed by atoms with Gasteiger partial charge in [-0.05, 0) is 77.7 Å². The Morgan fingerprint density at radius 3 is 2.42 bits per heavy atom. The Morgan fingerprint density at radius 2 is 1.71 bits per heavy atom. The van der Waals surface area contributed by atoms with Gasteiger partial charge in [0.2, 0.25) is 0 Å². The third kappa shape index (κ3) is 4.41. The fraction of sp³-hybridized carbons (Fsp3) is 0.379. The molecule has 3 aromatic carbocycles. The van der Waals surface area contributed by atoms with Gasteiger partial charge in [0, 0.05) is 24.8 Å². The summed E-state index contributed by atoms with van der Waals surface area (Å²) in [6, 6.07) is 25.2. The first kappa shape index (κ1) is 21.6. The summed E-state index contributed by atoms with van der Waals surface area (Å²) < 4.78 is 0. The van der Waals surface area contributed by atoms with Crippen molar-refractivity contribution < 1.29 is 0 Å². The third-order valence-corrected chi connectivity index (χ3v) is 7.01. The summed E-state index contributed by atoms with van der Waals surface area (Å²) in [7, 11) is 2.06. The number of aryl methyl sites for hydroxylation is 1. The number of hydrogen-bond donors (Lipinski definition) is 1. The first-order valence-electron chi connectivity index (χ1n) is 11.7. The molecular formula is C29H36N2. The highest BCUT2D eigenvalue weighted by Crippen LogP contribution is 2.45. The van der Waals surface area contributed by atoms with E-state index in [0.29, 0.717) is 0 Å². The molecule has 0 spiro atoms. The molecule has 1 N–H and O–H groups in total. The van der Waals surface area contributed by atoms with Crippen LogP contribution >= 0.6 is 0 Å². The van der Waals surface area contributed by atoms with E-state index in [0.717, 1.165) is 19.5 Å². The Hall–Kier alpha value is -2.58. The monoisotopic (exact) mass is 412 g/mol. The lowest BCUT2D eigenvalue weighted by Crippen LogP contribution is -2.37. The van der Waals surface area contributed by atoms with Gasteiger partial charge in [0.15, 0.2) is 0 Å². The topological polar surface area (TPSA) is 15.3 Å². The van der Waals surface area contributed by atoms with Crippen LogP contribution in [0.15, 0.2) is 66.7 Å². The standard InChI is InChI=1S/C29H36N2/c1-6-22-13-10-14-24(17-22)26-18-27-28(19-25(26)21(2)30-5)31(16-15-29(27,3)4)20-23-11-8-7-9-12-23/h7-14,17-19,21,30H,6,15-16,20H2,1-5H3. The van der Waals surface area contributed by atoms with Crippen molar-refractivity contribution in [3.63, 3.8) is 0 Å². The second-order valence-corrected chi connectivity index (χ2v) is 9.56. The van der Waals surface area contributed by atoms with Crippen LogP contribution in [0.25, 0.3) is 11.1 Å². The molecule has 31 heavy (non-hydrogen) atoms. The van der Waals surface area contributed by atoms with Crippen molar-refractivity contribution in [2.45, 2.75) is 58.5 Å². The number of hydrogen-bond acceptors (Lipinski definition) is 2. The molecule has 0 radical (unpaired) electrons. The lowest BCUT2D eigenvalue weighted by Gasteiger charge is -2.41. The normalized spacial score (nSPS) is 16.1. The smallest absolute Gasteiger partial charge is 0.0429 e. The van der Waals surface area contributed by atoms with Crippen molar-refractivity contribution in [3.8, 4) is 11.1 Å². The van der Waals surface area contributed by atoms with E-state index in [9.17, 15) is 0 Å². The van der Waals surface area contributed by atoms with Crippen molar-refractivity contribution in [1.82, 2.24) is 5.32 Å². The first-order valence-corrected chi connectivity index (χ1v) is 11.7. The molecule has 0 saturated heterocycles. The van der Waals surface area contributed by atoms with Crippen molar-refractivity contribution in [2.75, 3.05) is 18.5 Å². The average molecular weight is 413 g/mol. The minimum atomic E-state index is 0.168. The van der Waals surface area contributed by atoms with Gasteiger partial charge in [-0.2, -0.15) is 0 Å². The highest BCUT2D eigenvalue weighted by atomic mass is 15.1. The largest absolute Gasteiger partial charge is 0.367 e. The van der Waals surface area contributed by atoms with E-state index in [1.165, 1.54) is 45.5 Å². The Bertz CT molecular complexity index is 1040. The fourth-order valence-electron chi connectivity index (χ4n) is 4.77. The van der Waals surface area contributed by atoms with E-state index in [-0.39, 0.29) is 11.5 Å². The van der Waals surface area contributed by atoms with Gasteiger partial charge >= 0.3 is 0 Å². The van der Waals surface area contributed by atoms with Crippen molar-refractivity contribution in [2.24, 2.45) is 0 Å². The maximum Gasteiger partial charge on any atom is 0.0429 e. The molecule has 1 aliphatic rings. The van der Waals surface area contributed by atoms with Gasteiger partial charge in [0.05, 0.1) is 0 Å². The molecule has 0 bridgehead atoms. The Balaban J connectivity index is 1.87. The molecule has 0 amide bonds. The molecule has 0 saturated carbocycles. The predicted molar refractivity (Wildman–Crippen MR) is 134 cm³/mol. The molecule has 1 aliphatic heterocycles. The summed E-state index contributed by atoms with van der Waals surface area (Å²) in [4.78, 5) is 2.58. The molecule has 2 heteroatoms. The molecular weight excluding hydrogens is 376 g/mol. The zero-order chi connectivity index (χ0) is 22.0. The lowest BCUT2D eigenvalue weighted by atomic mass is 9.75. The first-order chi connectivity index (χ1) is 14.9. The van der Waals surface area contributed by atoms with Crippen LogP contribution in [0.3, 0.4) is 0 Å². The highest BCUT2D eigenvalue weighted by molar-refractivity contribution is 5.75. The van der Waals surface area contributed by atoms with Crippen LogP contribution in [0.5, 0.6) is 0 Å². The molecule has 2 nitrogen and oxygen atoms in total. The average Bonchev–Trinajstić information content (AvgIpc) is 2.80. The minimum absolute atomic E-state index is 0.168. The van der Waals surface area contributed by atoms with Crippen LogP contribution in [0.1, 0.15) is 62.4 Å². The van der Waals surface area contributed by atoms with Gasteiger partial charge in [-0.1, -0.05) is 75.4 Å². The van der Waals surface area contributed by atoms with Gasteiger partial charge in [0.25, 0.3) is 0 Å². The van der Waals surface area contributed by atoms with Crippen molar-refractivity contribution in [1.29, 1.82) is 0 Å². The highest BCUT2D eigenvalue weighted by Gasteiger charge is 2.33. The van der Waals surface area contributed by atoms with E-state index in [1.54, 1.807) is 0 Å². The van der Waals surface area contributed by atoms with Crippen LogP contribution in [-0.4, -0.2) is 13.6 Å². The maximum absolute atomic E-state index is 3.49.